The smallest absolute Gasteiger partial charge is 0.0542 e. The summed E-state index contributed by atoms with van der Waals surface area (Å²) < 4.78 is 2.31. The van der Waals surface area contributed by atoms with Crippen LogP contribution in [0.1, 0.15) is 25.0 Å². The Morgan fingerprint density at radius 1 is 1.27 bits per heavy atom. The summed E-state index contributed by atoms with van der Waals surface area (Å²) in [5.74, 6) is 0. The molecule has 1 aromatic rings. The van der Waals surface area contributed by atoms with Crippen LogP contribution in [0.3, 0.4) is 0 Å². The second kappa shape index (κ2) is 8.47. The average Bonchev–Trinajstić information content (AvgIpc) is 2.26. The first-order chi connectivity index (χ1) is 7.33. The van der Waals surface area contributed by atoms with Crippen LogP contribution in [0.2, 0.25) is 0 Å². The zero-order chi connectivity index (χ0) is 10.9. The van der Waals surface area contributed by atoms with Gasteiger partial charge in [-0.3, -0.25) is 4.98 Å². The molecule has 0 amide bonds. The molecule has 0 bridgehead atoms. The highest BCUT2D eigenvalue weighted by Gasteiger charge is 1.94. The molecule has 15 heavy (non-hydrogen) atoms. The second-order valence-corrected chi connectivity index (χ2v) is 5.39. The van der Waals surface area contributed by atoms with Gasteiger partial charge >= 0.3 is 0 Å². The fourth-order valence-electron chi connectivity index (χ4n) is 1.25. The number of pyridine rings is 1. The van der Waals surface area contributed by atoms with Crippen LogP contribution in [0.4, 0.5) is 0 Å². The number of hydrogen-bond acceptors (Lipinski definition) is 2. The van der Waals surface area contributed by atoms with Crippen molar-refractivity contribution in [2.75, 3.05) is 11.0 Å². The summed E-state index contributed by atoms with van der Waals surface area (Å²) in [7, 11) is 0. The van der Waals surface area contributed by atoms with Gasteiger partial charge in [0, 0.05) is 17.2 Å². The van der Waals surface area contributed by atoms with Crippen LogP contribution in [-0.4, -0.2) is 16.0 Å². The lowest BCUT2D eigenvalue weighted by atomic mass is 10.2. The van der Waals surface area contributed by atoms with Crippen molar-refractivity contribution in [2.24, 2.45) is 0 Å². The van der Waals surface area contributed by atoms with Crippen molar-refractivity contribution in [3.63, 3.8) is 0 Å². The zero-order valence-corrected chi connectivity index (χ0v) is 12.4. The summed E-state index contributed by atoms with van der Waals surface area (Å²) in [6, 6.07) is 4.07. The SMILES string of the molecule is Brc1ccc(CNCCCCCI)nc1. The quantitative estimate of drug-likeness (QED) is 0.443. The van der Waals surface area contributed by atoms with Crippen molar-refractivity contribution < 1.29 is 0 Å². The highest BCUT2D eigenvalue weighted by Crippen LogP contribution is 2.07. The van der Waals surface area contributed by atoms with E-state index >= 15 is 0 Å². The minimum Gasteiger partial charge on any atom is -0.311 e. The average molecular weight is 383 g/mol. The summed E-state index contributed by atoms with van der Waals surface area (Å²) in [6.07, 6.45) is 5.76. The predicted octanol–water partition coefficient (Wildman–Crippen LogP) is 3.54. The van der Waals surface area contributed by atoms with E-state index in [0.717, 1.165) is 23.3 Å². The Kier molecular flexibility index (Phi) is 7.56. The van der Waals surface area contributed by atoms with Crippen molar-refractivity contribution in [2.45, 2.75) is 25.8 Å². The highest BCUT2D eigenvalue weighted by atomic mass is 127. The van der Waals surface area contributed by atoms with Crippen LogP contribution in [0.5, 0.6) is 0 Å². The van der Waals surface area contributed by atoms with E-state index in [2.05, 4.69) is 48.8 Å². The first kappa shape index (κ1) is 13.4. The molecule has 1 heterocycles. The molecule has 0 saturated heterocycles. The largest absolute Gasteiger partial charge is 0.311 e. The molecule has 1 N–H and O–H groups in total. The van der Waals surface area contributed by atoms with Crippen LogP contribution in [0, 0.1) is 0 Å². The van der Waals surface area contributed by atoms with Crippen LogP contribution in [0.25, 0.3) is 0 Å². The second-order valence-electron chi connectivity index (χ2n) is 3.39. The molecule has 1 rings (SSSR count). The van der Waals surface area contributed by atoms with Gasteiger partial charge in [0.1, 0.15) is 0 Å². The van der Waals surface area contributed by atoms with Gasteiger partial charge in [0.25, 0.3) is 0 Å². The Hall–Kier alpha value is 0.320. The third kappa shape index (κ3) is 6.48. The first-order valence-electron chi connectivity index (χ1n) is 5.20. The van der Waals surface area contributed by atoms with Crippen LogP contribution in [-0.2, 0) is 6.54 Å². The molecule has 0 aliphatic carbocycles. The maximum absolute atomic E-state index is 4.30. The number of nitrogens with zero attached hydrogens (tertiary/aromatic N) is 1. The maximum atomic E-state index is 4.30. The fraction of sp³-hybridized carbons (Fsp3) is 0.545. The van der Waals surface area contributed by atoms with Gasteiger partial charge in [-0.15, -0.1) is 0 Å². The Bertz CT molecular complexity index is 264. The normalized spacial score (nSPS) is 10.5. The number of aromatic nitrogens is 1. The Balaban J connectivity index is 2.07. The lowest BCUT2D eigenvalue weighted by Gasteiger charge is -2.03. The lowest BCUT2D eigenvalue weighted by Crippen LogP contribution is -2.15. The minimum absolute atomic E-state index is 0.873. The molecule has 0 unspecified atom stereocenters. The van der Waals surface area contributed by atoms with E-state index < -0.39 is 0 Å². The van der Waals surface area contributed by atoms with E-state index in [0.29, 0.717) is 0 Å². The van der Waals surface area contributed by atoms with Crippen molar-refractivity contribution in [3.8, 4) is 0 Å². The summed E-state index contributed by atoms with van der Waals surface area (Å²) in [4.78, 5) is 4.30. The predicted molar refractivity (Wildman–Crippen MR) is 76.4 cm³/mol. The summed E-state index contributed by atoms with van der Waals surface area (Å²) >= 11 is 5.80. The standard InChI is InChI=1S/C11H16BrIN2/c12-10-4-5-11(15-8-10)9-14-7-3-1-2-6-13/h4-5,8,14H,1-3,6-7,9H2. The van der Waals surface area contributed by atoms with Crippen molar-refractivity contribution in [1.82, 2.24) is 10.3 Å². The molecule has 0 fully saturated rings. The third-order valence-electron chi connectivity index (χ3n) is 2.08. The molecule has 2 nitrogen and oxygen atoms in total. The van der Waals surface area contributed by atoms with Crippen molar-refractivity contribution in [3.05, 3.63) is 28.5 Å². The Morgan fingerprint density at radius 3 is 2.80 bits per heavy atom. The van der Waals surface area contributed by atoms with Crippen molar-refractivity contribution >= 4 is 38.5 Å². The van der Waals surface area contributed by atoms with Gasteiger partial charge in [-0.2, -0.15) is 0 Å². The Morgan fingerprint density at radius 2 is 2.13 bits per heavy atom. The molecule has 1 aromatic heterocycles. The molecule has 0 saturated carbocycles. The number of nitrogens with one attached hydrogen (secondary N) is 1. The molecule has 0 aliphatic heterocycles. The molecule has 4 heteroatoms. The van der Waals surface area contributed by atoms with Crippen LogP contribution >= 0.6 is 38.5 Å². The zero-order valence-electron chi connectivity index (χ0n) is 8.68. The molecule has 0 aromatic carbocycles. The minimum atomic E-state index is 0.873. The van der Waals surface area contributed by atoms with Gasteiger partial charge in [-0.25, -0.2) is 0 Å². The summed E-state index contributed by atoms with van der Waals surface area (Å²) in [6.45, 7) is 1.96. The van der Waals surface area contributed by atoms with Crippen molar-refractivity contribution in [1.29, 1.82) is 0 Å². The van der Waals surface area contributed by atoms with Crippen LogP contribution in [0.15, 0.2) is 22.8 Å². The summed E-state index contributed by atoms with van der Waals surface area (Å²) in [5, 5.41) is 3.40. The molecule has 84 valence electrons. The van der Waals surface area contributed by atoms with E-state index in [9.17, 15) is 0 Å². The molecule has 0 spiro atoms. The van der Waals surface area contributed by atoms with E-state index in [1.807, 2.05) is 18.3 Å². The first-order valence-corrected chi connectivity index (χ1v) is 7.52. The monoisotopic (exact) mass is 382 g/mol. The number of unbranched alkanes of at least 4 members (excludes halogenated alkanes) is 2. The number of hydrogen-bond donors (Lipinski definition) is 1. The third-order valence-corrected chi connectivity index (χ3v) is 3.31. The van der Waals surface area contributed by atoms with Gasteiger partial charge in [0.2, 0.25) is 0 Å². The number of rotatable bonds is 7. The van der Waals surface area contributed by atoms with Gasteiger partial charge in [-0.1, -0.05) is 29.0 Å². The maximum Gasteiger partial charge on any atom is 0.0542 e. The topological polar surface area (TPSA) is 24.9 Å². The van der Waals surface area contributed by atoms with E-state index in [4.69, 9.17) is 0 Å². The highest BCUT2D eigenvalue weighted by molar-refractivity contribution is 14.1. The van der Waals surface area contributed by atoms with Gasteiger partial charge in [0.05, 0.1) is 5.69 Å². The van der Waals surface area contributed by atoms with E-state index in [1.165, 1.54) is 23.7 Å². The molecule has 0 radical (unpaired) electrons. The van der Waals surface area contributed by atoms with Crippen LogP contribution < -0.4 is 5.32 Å². The lowest BCUT2D eigenvalue weighted by molar-refractivity contribution is 0.613. The molecule has 0 aliphatic rings. The van der Waals surface area contributed by atoms with Gasteiger partial charge < -0.3 is 5.32 Å². The number of halogens is 2. The summed E-state index contributed by atoms with van der Waals surface area (Å²) in [5.41, 5.74) is 1.10. The fourth-order valence-corrected chi connectivity index (χ4v) is 2.02. The Labute approximate surface area is 114 Å². The van der Waals surface area contributed by atoms with E-state index in [-0.39, 0.29) is 0 Å². The number of alkyl halides is 1. The van der Waals surface area contributed by atoms with Gasteiger partial charge in [-0.05, 0) is 51.9 Å². The molecular formula is C11H16BrIN2. The molecule has 0 atom stereocenters. The van der Waals surface area contributed by atoms with E-state index in [1.54, 1.807) is 0 Å². The molecular weight excluding hydrogens is 367 g/mol. The van der Waals surface area contributed by atoms with Gasteiger partial charge in [0.15, 0.2) is 0 Å².